The van der Waals surface area contributed by atoms with Gasteiger partial charge < -0.3 is 10.1 Å². The van der Waals surface area contributed by atoms with E-state index in [1.165, 1.54) is 0 Å². The van der Waals surface area contributed by atoms with Gasteiger partial charge in [0.15, 0.2) is 5.65 Å². The molecule has 3 heterocycles. The molecule has 0 aliphatic rings. The van der Waals surface area contributed by atoms with Crippen LogP contribution in [0.25, 0.3) is 11.2 Å². The molecule has 0 saturated carbocycles. The number of aryl methyl sites for hydroxylation is 3. The molecule has 0 aromatic carbocycles. The molecule has 5 heteroatoms. The third-order valence-electron chi connectivity index (χ3n) is 3.84. The fourth-order valence-electron chi connectivity index (χ4n) is 2.58. The minimum atomic E-state index is -0.517. The summed E-state index contributed by atoms with van der Waals surface area (Å²) in [4.78, 5) is 16.4. The van der Waals surface area contributed by atoms with Crippen molar-refractivity contribution >= 4 is 11.2 Å². The van der Waals surface area contributed by atoms with Crippen LogP contribution in [0.5, 0.6) is 0 Å². The van der Waals surface area contributed by atoms with Crippen LogP contribution in [0.2, 0.25) is 0 Å². The van der Waals surface area contributed by atoms with Crippen molar-refractivity contribution in [2.75, 3.05) is 0 Å². The Kier molecular flexibility index (Phi) is 4.15. The molecule has 1 atom stereocenters. The number of H-pyrrole nitrogens is 1. The van der Waals surface area contributed by atoms with Gasteiger partial charge in [-0.15, -0.1) is 0 Å². The van der Waals surface area contributed by atoms with E-state index in [1.54, 1.807) is 12.4 Å². The zero-order valence-corrected chi connectivity index (χ0v) is 12.9. The number of aromatic nitrogens is 4. The van der Waals surface area contributed by atoms with Crippen LogP contribution in [0.1, 0.15) is 42.1 Å². The number of nitrogens with zero attached hydrogens (tertiary/aromatic N) is 3. The molecule has 0 saturated heterocycles. The van der Waals surface area contributed by atoms with Gasteiger partial charge in [0.2, 0.25) is 0 Å². The number of nitrogens with one attached hydrogen (secondary N) is 1. The molecule has 0 aliphatic carbocycles. The first kappa shape index (κ1) is 14.7. The predicted molar refractivity (Wildman–Crippen MR) is 85.5 cm³/mol. The number of fused-ring (bicyclic) bond motifs is 1. The second kappa shape index (κ2) is 6.23. The van der Waals surface area contributed by atoms with Crippen LogP contribution >= 0.6 is 0 Å². The van der Waals surface area contributed by atoms with Crippen molar-refractivity contribution in [1.82, 2.24) is 19.9 Å². The summed E-state index contributed by atoms with van der Waals surface area (Å²) >= 11 is 0. The number of hydrogen-bond donors (Lipinski definition) is 2. The maximum atomic E-state index is 10.2. The van der Waals surface area contributed by atoms with Gasteiger partial charge in [0.25, 0.3) is 0 Å². The van der Waals surface area contributed by atoms with Gasteiger partial charge in [-0.25, -0.2) is 9.97 Å². The van der Waals surface area contributed by atoms with E-state index >= 15 is 0 Å². The molecule has 0 spiro atoms. The quantitative estimate of drug-likeness (QED) is 0.759. The fourth-order valence-corrected chi connectivity index (χ4v) is 2.58. The van der Waals surface area contributed by atoms with Crippen LogP contribution in [0.3, 0.4) is 0 Å². The summed E-state index contributed by atoms with van der Waals surface area (Å²) in [5.41, 5.74) is 4.72. The maximum absolute atomic E-state index is 10.2. The van der Waals surface area contributed by atoms with Crippen molar-refractivity contribution in [2.45, 2.75) is 39.2 Å². The van der Waals surface area contributed by atoms with Crippen molar-refractivity contribution in [2.24, 2.45) is 0 Å². The average molecular weight is 296 g/mol. The minimum Gasteiger partial charge on any atom is -0.388 e. The van der Waals surface area contributed by atoms with Crippen LogP contribution in [-0.4, -0.2) is 25.0 Å². The zero-order chi connectivity index (χ0) is 15.5. The van der Waals surface area contributed by atoms with E-state index in [2.05, 4.69) is 39.8 Å². The number of aliphatic hydroxyl groups is 1. The van der Waals surface area contributed by atoms with Crippen LogP contribution in [0.15, 0.2) is 30.6 Å². The minimum absolute atomic E-state index is 0.517. The molecular formula is C17H20N4O. The maximum Gasteiger partial charge on any atom is 0.178 e. The largest absolute Gasteiger partial charge is 0.388 e. The van der Waals surface area contributed by atoms with Crippen molar-refractivity contribution in [3.63, 3.8) is 0 Å². The average Bonchev–Trinajstić information content (AvgIpc) is 2.97. The van der Waals surface area contributed by atoms with Gasteiger partial charge in [-0.1, -0.05) is 13.0 Å². The van der Waals surface area contributed by atoms with E-state index < -0.39 is 6.10 Å². The molecule has 114 valence electrons. The van der Waals surface area contributed by atoms with E-state index in [0.717, 1.165) is 40.2 Å². The Morgan fingerprint density at radius 1 is 1.32 bits per heavy atom. The highest BCUT2D eigenvalue weighted by molar-refractivity contribution is 5.74. The summed E-state index contributed by atoms with van der Waals surface area (Å²) in [7, 11) is 0. The Balaban J connectivity index is 1.76. The number of imidazole rings is 1. The van der Waals surface area contributed by atoms with Crippen LogP contribution in [0.4, 0.5) is 0 Å². The van der Waals surface area contributed by atoms with E-state index in [4.69, 9.17) is 0 Å². The second-order valence-electron chi connectivity index (χ2n) is 5.51. The molecule has 3 aromatic heterocycles. The van der Waals surface area contributed by atoms with Gasteiger partial charge >= 0.3 is 0 Å². The fraction of sp³-hybridized carbons (Fsp3) is 0.353. The molecule has 3 aromatic rings. The van der Waals surface area contributed by atoms with E-state index in [1.807, 2.05) is 12.1 Å². The van der Waals surface area contributed by atoms with E-state index in [9.17, 15) is 5.11 Å². The monoisotopic (exact) mass is 296 g/mol. The Hall–Kier alpha value is -2.27. The number of hydrogen-bond acceptors (Lipinski definition) is 4. The molecule has 0 amide bonds. The number of pyridine rings is 2. The van der Waals surface area contributed by atoms with Crippen LogP contribution in [-0.2, 0) is 12.8 Å². The second-order valence-corrected chi connectivity index (χ2v) is 5.51. The van der Waals surface area contributed by atoms with E-state index in [0.29, 0.717) is 12.8 Å². The predicted octanol–water partition coefficient (Wildman–Crippen LogP) is 2.89. The molecule has 0 radical (unpaired) electrons. The van der Waals surface area contributed by atoms with E-state index in [-0.39, 0.29) is 0 Å². The normalized spacial score (nSPS) is 12.7. The molecule has 0 aliphatic heterocycles. The number of aromatic amines is 1. The molecule has 3 rings (SSSR count). The zero-order valence-electron chi connectivity index (χ0n) is 12.9. The highest BCUT2D eigenvalue weighted by Crippen LogP contribution is 2.20. The Morgan fingerprint density at radius 2 is 2.18 bits per heavy atom. The van der Waals surface area contributed by atoms with Crippen LogP contribution in [0, 0.1) is 6.92 Å². The first-order chi connectivity index (χ1) is 10.7. The SMILES string of the molecule is CCc1nc2nc(CCC(O)c3cccnc3)cc(C)c2[nH]1. The third-order valence-corrected chi connectivity index (χ3v) is 3.84. The first-order valence-corrected chi connectivity index (χ1v) is 7.60. The smallest absolute Gasteiger partial charge is 0.178 e. The lowest BCUT2D eigenvalue weighted by molar-refractivity contribution is 0.167. The molecule has 1 unspecified atom stereocenters. The number of rotatable bonds is 5. The Bertz CT molecular complexity index is 767. The van der Waals surface area contributed by atoms with Gasteiger partial charge in [-0.3, -0.25) is 4.98 Å². The van der Waals surface area contributed by atoms with Gasteiger partial charge in [0.1, 0.15) is 5.82 Å². The molecule has 0 bridgehead atoms. The molecular weight excluding hydrogens is 276 g/mol. The highest BCUT2D eigenvalue weighted by atomic mass is 16.3. The van der Waals surface area contributed by atoms with Crippen LogP contribution < -0.4 is 0 Å². The first-order valence-electron chi connectivity index (χ1n) is 7.60. The number of aliphatic hydroxyl groups excluding tert-OH is 1. The molecule has 22 heavy (non-hydrogen) atoms. The molecule has 5 nitrogen and oxygen atoms in total. The van der Waals surface area contributed by atoms with Crippen molar-refractivity contribution in [3.05, 3.63) is 53.2 Å². The van der Waals surface area contributed by atoms with Gasteiger partial charge in [-0.2, -0.15) is 0 Å². The van der Waals surface area contributed by atoms with Crippen molar-refractivity contribution in [1.29, 1.82) is 0 Å². The lowest BCUT2D eigenvalue weighted by Gasteiger charge is -2.10. The molecule has 2 N–H and O–H groups in total. The summed E-state index contributed by atoms with van der Waals surface area (Å²) in [5, 5.41) is 10.2. The highest BCUT2D eigenvalue weighted by Gasteiger charge is 2.11. The Morgan fingerprint density at radius 3 is 2.91 bits per heavy atom. The topological polar surface area (TPSA) is 74.7 Å². The summed E-state index contributed by atoms with van der Waals surface area (Å²) in [6.45, 7) is 4.13. The van der Waals surface area contributed by atoms with Gasteiger partial charge in [0.05, 0.1) is 11.6 Å². The lowest BCUT2D eigenvalue weighted by atomic mass is 10.0. The third kappa shape index (κ3) is 2.99. The lowest BCUT2D eigenvalue weighted by Crippen LogP contribution is -2.01. The van der Waals surface area contributed by atoms with Gasteiger partial charge in [-0.05, 0) is 43.0 Å². The Labute approximate surface area is 129 Å². The standard InChI is InChI=1S/C17H20N4O/c1-3-15-20-16-11(2)9-13(19-17(16)21-15)6-7-14(22)12-5-4-8-18-10-12/h4-5,8-10,14,22H,3,6-7H2,1-2H3,(H,19,20,21). The van der Waals surface area contributed by atoms with Gasteiger partial charge in [0, 0.05) is 24.5 Å². The van der Waals surface area contributed by atoms with Crippen molar-refractivity contribution in [3.8, 4) is 0 Å². The van der Waals surface area contributed by atoms with Crippen molar-refractivity contribution < 1.29 is 5.11 Å². The summed E-state index contributed by atoms with van der Waals surface area (Å²) in [6.07, 6.45) is 5.09. The summed E-state index contributed by atoms with van der Waals surface area (Å²) < 4.78 is 0. The summed E-state index contributed by atoms with van der Waals surface area (Å²) in [6, 6.07) is 5.79. The summed E-state index contributed by atoms with van der Waals surface area (Å²) in [5.74, 6) is 0.957. The molecule has 0 fully saturated rings.